The maximum absolute atomic E-state index is 10.9. The van der Waals surface area contributed by atoms with Gasteiger partial charge in [-0.1, -0.05) is 12.1 Å². The van der Waals surface area contributed by atoms with Crippen molar-refractivity contribution in [2.24, 2.45) is 0 Å². The summed E-state index contributed by atoms with van der Waals surface area (Å²) in [7, 11) is -3.29. The molecule has 0 aromatic heterocycles. The lowest BCUT2D eigenvalue weighted by molar-refractivity contribution is -0.385. The highest BCUT2D eigenvalue weighted by molar-refractivity contribution is 7.88. The number of hydrogen-bond acceptors (Lipinski definition) is 4. The summed E-state index contributed by atoms with van der Waals surface area (Å²) in [4.78, 5) is 10.2. The number of nitrogens with one attached hydrogen (secondary N) is 1. The summed E-state index contributed by atoms with van der Waals surface area (Å²) in [5.74, 6) is 0. The van der Waals surface area contributed by atoms with Crippen LogP contribution in [0.25, 0.3) is 0 Å². The molecule has 0 spiro atoms. The van der Waals surface area contributed by atoms with Crippen LogP contribution in [0.3, 0.4) is 0 Å². The molecule has 1 N–H and O–H groups in total. The SMILES string of the molecule is Cc1c(CNS(C)(=O)=O)cccc1[N+](=O)[O-]. The average Bonchev–Trinajstić information content (AvgIpc) is 2.14. The third-order valence-corrected chi connectivity index (χ3v) is 2.81. The van der Waals surface area contributed by atoms with Gasteiger partial charge in [0.05, 0.1) is 11.2 Å². The van der Waals surface area contributed by atoms with Gasteiger partial charge in [-0.2, -0.15) is 0 Å². The highest BCUT2D eigenvalue weighted by Crippen LogP contribution is 2.20. The van der Waals surface area contributed by atoms with Crippen LogP contribution in [0.2, 0.25) is 0 Å². The second kappa shape index (κ2) is 4.58. The molecule has 1 aromatic carbocycles. The van der Waals surface area contributed by atoms with E-state index in [4.69, 9.17) is 0 Å². The molecule has 0 saturated carbocycles. The van der Waals surface area contributed by atoms with Crippen molar-refractivity contribution in [2.75, 3.05) is 6.26 Å². The first-order valence-corrected chi connectivity index (χ1v) is 6.38. The molecule has 0 radical (unpaired) electrons. The van der Waals surface area contributed by atoms with E-state index in [2.05, 4.69) is 4.72 Å². The van der Waals surface area contributed by atoms with E-state index in [9.17, 15) is 18.5 Å². The van der Waals surface area contributed by atoms with Gasteiger partial charge >= 0.3 is 0 Å². The number of nitro benzene ring substituents is 1. The predicted octanol–water partition coefficient (Wildman–Crippen LogP) is 0.952. The molecule has 0 saturated heterocycles. The summed E-state index contributed by atoms with van der Waals surface area (Å²) >= 11 is 0. The van der Waals surface area contributed by atoms with Crippen LogP contribution in [0.5, 0.6) is 0 Å². The van der Waals surface area contributed by atoms with E-state index in [0.717, 1.165) is 6.26 Å². The summed E-state index contributed by atoms with van der Waals surface area (Å²) in [5, 5.41) is 10.6. The Kier molecular flexibility index (Phi) is 3.61. The van der Waals surface area contributed by atoms with Crippen LogP contribution < -0.4 is 4.72 Å². The van der Waals surface area contributed by atoms with Crippen LogP contribution >= 0.6 is 0 Å². The second-order valence-electron chi connectivity index (χ2n) is 3.41. The van der Waals surface area contributed by atoms with Gasteiger partial charge in [0.1, 0.15) is 0 Å². The van der Waals surface area contributed by atoms with Crippen LogP contribution in [0, 0.1) is 17.0 Å². The minimum atomic E-state index is -3.29. The third kappa shape index (κ3) is 3.28. The lowest BCUT2D eigenvalue weighted by Gasteiger charge is -2.06. The Bertz CT molecular complexity index is 510. The average molecular weight is 244 g/mol. The van der Waals surface area contributed by atoms with Crippen LogP contribution in [-0.4, -0.2) is 19.6 Å². The largest absolute Gasteiger partial charge is 0.272 e. The Morgan fingerprint density at radius 3 is 2.56 bits per heavy atom. The zero-order valence-electron chi connectivity index (χ0n) is 8.93. The van der Waals surface area contributed by atoms with Crippen molar-refractivity contribution in [2.45, 2.75) is 13.5 Å². The molecule has 6 nitrogen and oxygen atoms in total. The predicted molar refractivity (Wildman–Crippen MR) is 59.5 cm³/mol. The van der Waals surface area contributed by atoms with E-state index >= 15 is 0 Å². The number of sulfonamides is 1. The van der Waals surface area contributed by atoms with Crippen molar-refractivity contribution < 1.29 is 13.3 Å². The molecule has 88 valence electrons. The lowest BCUT2D eigenvalue weighted by atomic mass is 10.1. The smallest absolute Gasteiger partial charge is 0.258 e. The van der Waals surface area contributed by atoms with E-state index < -0.39 is 14.9 Å². The van der Waals surface area contributed by atoms with Crippen molar-refractivity contribution in [1.82, 2.24) is 4.72 Å². The molecule has 0 heterocycles. The molecule has 0 bridgehead atoms. The lowest BCUT2D eigenvalue weighted by Crippen LogP contribution is -2.21. The third-order valence-electron chi connectivity index (χ3n) is 2.14. The molecule has 7 heteroatoms. The molecule has 0 aliphatic heterocycles. The van der Waals surface area contributed by atoms with Crippen LogP contribution in [0.15, 0.2) is 18.2 Å². The maximum Gasteiger partial charge on any atom is 0.272 e. The number of benzene rings is 1. The van der Waals surface area contributed by atoms with Crippen molar-refractivity contribution >= 4 is 15.7 Å². The number of nitrogens with zero attached hydrogens (tertiary/aromatic N) is 1. The Morgan fingerprint density at radius 2 is 2.06 bits per heavy atom. The van der Waals surface area contributed by atoms with Crippen LogP contribution in [-0.2, 0) is 16.6 Å². The minimum Gasteiger partial charge on any atom is -0.258 e. The quantitative estimate of drug-likeness (QED) is 0.630. The Balaban J connectivity index is 2.98. The maximum atomic E-state index is 10.9. The molecular formula is C9H12N2O4S. The van der Waals surface area contributed by atoms with Gasteiger partial charge in [0, 0.05) is 18.2 Å². The van der Waals surface area contributed by atoms with Gasteiger partial charge in [-0.15, -0.1) is 0 Å². The molecule has 0 unspecified atom stereocenters. The molecule has 0 fully saturated rings. The summed E-state index contributed by atoms with van der Waals surface area (Å²) in [6.45, 7) is 1.66. The van der Waals surface area contributed by atoms with Gasteiger partial charge in [0.2, 0.25) is 10.0 Å². The van der Waals surface area contributed by atoms with Crippen molar-refractivity contribution in [3.63, 3.8) is 0 Å². The van der Waals surface area contributed by atoms with Crippen molar-refractivity contribution in [3.05, 3.63) is 39.4 Å². The van der Waals surface area contributed by atoms with Gasteiger partial charge in [-0.25, -0.2) is 13.1 Å². The molecule has 16 heavy (non-hydrogen) atoms. The Hall–Kier alpha value is -1.47. The van der Waals surface area contributed by atoms with Gasteiger partial charge in [0.15, 0.2) is 0 Å². The number of hydrogen-bond donors (Lipinski definition) is 1. The number of rotatable bonds is 4. The molecule has 0 amide bonds. The summed E-state index contributed by atoms with van der Waals surface area (Å²) < 4.78 is 24.1. The zero-order valence-corrected chi connectivity index (χ0v) is 9.74. The normalized spacial score (nSPS) is 11.4. The van der Waals surface area contributed by atoms with Crippen LogP contribution in [0.1, 0.15) is 11.1 Å². The van der Waals surface area contributed by atoms with Gasteiger partial charge in [0.25, 0.3) is 5.69 Å². The van der Waals surface area contributed by atoms with E-state index in [0.29, 0.717) is 11.1 Å². The molecule has 1 aromatic rings. The van der Waals surface area contributed by atoms with E-state index in [-0.39, 0.29) is 12.2 Å². The molecule has 1 rings (SSSR count). The summed E-state index contributed by atoms with van der Waals surface area (Å²) in [6.07, 6.45) is 1.04. The Morgan fingerprint density at radius 1 is 1.44 bits per heavy atom. The standard InChI is InChI=1S/C9H12N2O4S/c1-7-8(6-10-16(2,14)15)4-3-5-9(7)11(12)13/h3-5,10H,6H2,1-2H3. The minimum absolute atomic E-state index is 0.00667. The fourth-order valence-electron chi connectivity index (χ4n) is 1.27. The zero-order chi connectivity index (χ0) is 12.3. The molecule has 0 aliphatic carbocycles. The first kappa shape index (κ1) is 12.6. The topological polar surface area (TPSA) is 89.3 Å². The highest BCUT2D eigenvalue weighted by Gasteiger charge is 2.13. The number of nitro groups is 1. The first-order valence-electron chi connectivity index (χ1n) is 4.49. The molecule has 0 atom stereocenters. The van der Waals surface area contributed by atoms with Gasteiger partial charge in [-0.05, 0) is 12.5 Å². The molecule has 0 aliphatic rings. The monoisotopic (exact) mass is 244 g/mol. The van der Waals surface area contributed by atoms with E-state index in [1.807, 2.05) is 0 Å². The van der Waals surface area contributed by atoms with Crippen molar-refractivity contribution in [1.29, 1.82) is 0 Å². The fourth-order valence-corrected chi connectivity index (χ4v) is 1.69. The van der Waals surface area contributed by atoms with Gasteiger partial charge < -0.3 is 0 Å². The highest BCUT2D eigenvalue weighted by atomic mass is 32.2. The van der Waals surface area contributed by atoms with E-state index in [1.54, 1.807) is 13.0 Å². The van der Waals surface area contributed by atoms with Crippen molar-refractivity contribution in [3.8, 4) is 0 Å². The summed E-state index contributed by atoms with van der Waals surface area (Å²) in [5.41, 5.74) is 1.07. The second-order valence-corrected chi connectivity index (χ2v) is 5.24. The summed E-state index contributed by atoms with van der Waals surface area (Å²) in [6, 6.07) is 4.57. The van der Waals surface area contributed by atoms with Crippen LogP contribution in [0.4, 0.5) is 5.69 Å². The molecular weight excluding hydrogens is 232 g/mol. The van der Waals surface area contributed by atoms with Gasteiger partial charge in [-0.3, -0.25) is 10.1 Å². The fraction of sp³-hybridized carbons (Fsp3) is 0.333. The Labute approximate surface area is 93.5 Å². The first-order chi connectivity index (χ1) is 7.31. The van der Waals surface area contributed by atoms with E-state index in [1.165, 1.54) is 12.1 Å².